The third-order valence-corrected chi connectivity index (χ3v) is 12.5. The fraction of sp³-hybridized carbons (Fsp3) is 0.0200. The molecular formula is C50H31N3OS. The number of hydrogen-bond acceptors (Lipinski definition) is 4. The van der Waals surface area contributed by atoms with Crippen LogP contribution >= 0.6 is 11.3 Å². The highest BCUT2D eigenvalue weighted by Gasteiger charge is 2.28. The fourth-order valence-electron chi connectivity index (χ4n) is 8.70. The molecule has 4 nitrogen and oxygen atoms in total. The van der Waals surface area contributed by atoms with Gasteiger partial charge < -0.3 is 14.3 Å². The van der Waals surface area contributed by atoms with Gasteiger partial charge >= 0.3 is 0 Å². The van der Waals surface area contributed by atoms with Crippen LogP contribution in [0.3, 0.4) is 0 Å². The lowest BCUT2D eigenvalue weighted by Gasteiger charge is -2.25. The van der Waals surface area contributed by atoms with Gasteiger partial charge in [0.25, 0.3) is 0 Å². The van der Waals surface area contributed by atoms with E-state index in [0.717, 1.165) is 55.7 Å². The van der Waals surface area contributed by atoms with Crippen molar-refractivity contribution in [1.82, 2.24) is 9.88 Å². The van der Waals surface area contributed by atoms with Crippen LogP contribution in [0.25, 0.3) is 81.4 Å². The first-order chi connectivity index (χ1) is 27.3. The van der Waals surface area contributed by atoms with Crippen LogP contribution in [0.5, 0.6) is 0 Å². The lowest BCUT2D eigenvalue weighted by atomic mass is 10.0. The Kier molecular flexibility index (Phi) is 6.53. The average Bonchev–Trinajstić information content (AvgIpc) is 3.93. The maximum absolute atomic E-state index is 6.95. The van der Waals surface area contributed by atoms with E-state index in [1.54, 1.807) is 0 Å². The lowest BCUT2D eigenvalue weighted by Crippen LogP contribution is -2.32. The summed E-state index contributed by atoms with van der Waals surface area (Å²) in [4.78, 5) is 6.53. The molecule has 0 spiro atoms. The van der Waals surface area contributed by atoms with Crippen molar-refractivity contribution >= 4 is 87.5 Å². The molecule has 1 aliphatic rings. The number of thiophene rings is 1. The van der Waals surface area contributed by atoms with Gasteiger partial charge in [-0.2, -0.15) is 0 Å². The number of aromatic nitrogens is 1. The zero-order chi connectivity index (χ0) is 36.0. The summed E-state index contributed by atoms with van der Waals surface area (Å²) in [7, 11) is 0. The highest BCUT2D eigenvalue weighted by Crippen LogP contribution is 2.46. The molecule has 5 heteroatoms. The highest BCUT2D eigenvalue weighted by molar-refractivity contribution is 7.19. The molecule has 0 radical (unpaired) electrons. The van der Waals surface area contributed by atoms with Crippen LogP contribution in [0.15, 0.2) is 185 Å². The summed E-state index contributed by atoms with van der Waals surface area (Å²) in [5.41, 5.74) is 10.7. The van der Waals surface area contributed by atoms with Crippen LogP contribution in [0.2, 0.25) is 0 Å². The van der Waals surface area contributed by atoms with Gasteiger partial charge in [0.05, 0.1) is 33.3 Å². The van der Waals surface area contributed by atoms with Gasteiger partial charge in [-0.05, 0) is 69.9 Å². The number of nitrogens with one attached hydrogen (secondary N) is 1. The van der Waals surface area contributed by atoms with E-state index in [1.165, 1.54) is 53.2 Å². The lowest BCUT2D eigenvalue weighted by molar-refractivity contribution is 0.666. The third-order valence-electron chi connectivity index (χ3n) is 11.2. The van der Waals surface area contributed by atoms with Gasteiger partial charge in [0.1, 0.15) is 11.4 Å². The molecule has 1 atom stereocenters. The van der Waals surface area contributed by atoms with E-state index < -0.39 is 0 Å². The molecular weight excluding hydrogens is 691 g/mol. The number of furan rings is 1. The molecule has 8 aromatic carbocycles. The second kappa shape index (κ2) is 11.8. The van der Waals surface area contributed by atoms with Crippen molar-refractivity contribution in [3.8, 4) is 16.8 Å². The van der Waals surface area contributed by atoms with E-state index in [2.05, 4.69) is 186 Å². The van der Waals surface area contributed by atoms with Gasteiger partial charge in [-0.15, -0.1) is 11.3 Å². The quantitative estimate of drug-likeness (QED) is 0.197. The number of aliphatic imine (C=N–C) groups is 1. The van der Waals surface area contributed by atoms with E-state index in [0.29, 0.717) is 0 Å². The first-order valence-corrected chi connectivity index (χ1v) is 19.5. The molecule has 1 unspecified atom stereocenters. The molecule has 55 heavy (non-hydrogen) atoms. The fourth-order valence-corrected chi connectivity index (χ4v) is 9.93. The summed E-state index contributed by atoms with van der Waals surface area (Å²) < 4.78 is 10.6. The Morgan fingerprint density at radius 2 is 1.29 bits per heavy atom. The molecule has 1 aliphatic heterocycles. The summed E-state index contributed by atoms with van der Waals surface area (Å²) >= 11 is 1.82. The van der Waals surface area contributed by atoms with Crippen molar-refractivity contribution in [2.75, 3.05) is 0 Å². The molecule has 12 rings (SSSR count). The minimum absolute atomic E-state index is 0.00661. The van der Waals surface area contributed by atoms with Crippen molar-refractivity contribution in [1.29, 1.82) is 0 Å². The molecule has 0 saturated carbocycles. The SMILES string of the molecule is c1ccc(-c2ccc3c(c2)c2c4ccccc4ccc2n3-c2cccc3c2oc2cc(C4=Nc5c(sc6ccccc56)C(c5ccccc5)N4)ccc23)cc1. The molecule has 0 saturated heterocycles. The summed E-state index contributed by atoms with van der Waals surface area (Å²) in [5, 5.41) is 12.1. The van der Waals surface area contributed by atoms with Gasteiger partial charge in [0.2, 0.25) is 0 Å². The number of hydrogen-bond donors (Lipinski definition) is 1. The predicted octanol–water partition coefficient (Wildman–Crippen LogP) is 13.5. The standard InChI is InChI=1S/C50H31N3OS/c1-3-12-30(13-4-1)33-24-26-40-39(28-33)45-35-17-8-7-14-31(35)23-27-41(45)53(40)42-20-11-19-37-36-25-22-34(29-43(36)54-48(37)42)50-51-46(32-15-5-2-6-16-32)49-47(52-50)38-18-9-10-21-44(38)55-49/h1-29,46H,(H,51,52). The predicted molar refractivity (Wildman–Crippen MR) is 230 cm³/mol. The van der Waals surface area contributed by atoms with Crippen LogP contribution in [-0.4, -0.2) is 10.4 Å². The van der Waals surface area contributed by atoms with E-state index in [4.69, 9.17) is 9.41 Å². The monoisotopic (exact) mass is 721 g/mol. The number of amidine groups is 1. The number of benzene rings is 8. The van der Waals surface area contributed by atoms with Crippen LogP contribution in [0, 0.1) is 0 Å². The molecule has 258 valence electrons. The Morgan fingerprint density at radius 3 is 2.18 bits per heavy atom. The Balaban J connectivity index is 1.05. The second-order valence-corrected chi connectivity index (χ2v) is 15.4. The first kappa shape index (κ1) is 30.5. The van der Waals surface area contributed by atoms with Gasteiger partial charge in [0, 0.05) is 37.2 Å². The molecule has 0 bridgehead atoms. The van der Waals surface area contributed by atoms with Crippen LogP contribution in [0.4, 0.5) is 5.69 Å². The first-order valence-electron chi connectivity index (χ1n) is 18.7. The molecule has 0 aliphatic carbocycles. The van der Waals surface area contributed by atoms with Crippen LogP contribution in [0.1, 0.15) is 22.0 Å². The summed E-state index contributed by atoms with van der Waals surface area (Å²) in [6, 6.07) is 63.0. The minimum atomic E-state index is -0.00661. The van der Waals surface area contributed by atoms with Crippen molar-refractivity contribution in [2.45, 2.75) is 6.04 Å². The maximum Gasteiger partial charge on any atom is 0.159 e. The van der Waals surface area contributed by atoms with Crippen molar-refractivity contribution in [3.05, 3.63) is 192 Å². The highest BCUT2D eigenvalue weighted by atomic mass is 32.1. The van der Waals surface area contributed by atoms with E-state index >= 15 is 0 Å². The molecule has 1 N–H and O–H groups in total. The van der Waals surface area contributed by atoms with Crippen molar-refractivity contribution in [3.63, 3.8) is 0 Å². The molecule has 11 aromatic rings. The number of rotatable bonds is 4. The molecule has 4 heterocycles. The normalized spacial score (nSPS) is 14.3. The molecule has 3 aromatic heterocycles. The number of nitrogens with zero attached hydrogens (tertiary/aromatic N) is 2. The average molecular weight is 722 g/mol. The topological polar surface area (TPSA) is 42.5 Å². The Bertz CT molecular complexity index is 3350. The van der Waals surface area contributed by atoms with Crippen LogP contribution < -0.4 is 5.32 Å². The smallest absolute Gasteiger partial charge is 0.159 e. The second-order valence-electron chi connectivity index (χ2n) is 14.3. The minimum Gasteiger partial charge on any atom is -0.454 e. The van der Waals surface area contributed by atoms with Crippen molar-refractivity contribution < 1.29 is 4.42 Å². The van der Waals surface area contributed by atoms with E-state index in [-0.39, 0.29) is 6.04 Å². The summed E-state index contributed by atoms with van der Waals surface area (Å²) in [6.45, 7) is 0. The van der Waals surface area contributed by atoms with Crippen molar-refractivity contribution in [2.24, 2.45) is 4.99 Å². The van der Waals surface area contributed by atoms with E-state index in [9.17, 15) is 0 Å². The Labute approximate surface area is 320 Å². The van der Waals surface area contributed by atoms with E-state index in [1.807, 2.05) is 11.3 Å². The zero-order valence-corrected chi connectivity index (χ0v) is 30.3. The molecule has 0 amide bonds. The Hall–Kier alpha value is -6.95. The zero-order valence-electron chi connectivity index (χ0n) is 29.5. The van der Waals surface area contributed by atoms with Crippen LogP contribution in [-0.2, 0) is 0 Å². The van der Waals surface area contributed by atoms with Gasteiger partial charge in [0.15, 0.2) is 5.58 Å². The van der Waals surface area contributed by atoms with Gasteiger partial charge in [-0.25, -0.2) is 4.99 Å². The number of para-hydroxylation sites is 1. The maximum atomic E-state index is 6.95. The summed E-state index contributed by atoms with van der Waals surface area (Å²) in [5.74, 6) is 0.844. The number of fused-ring (bicyclic) bond motifs is 11. The van der Waals surface area contributed by atoms with Gasteiger partial charge in [-0.3, -0.25) is 0 Å². The molecule has 0 fully saturated rings. The Morgan fingerprint density at radius 1 is 0.545 bits per heavy atom. The largest absolute Gasteiger partial charge is 0.454 e. The summed E-state index contributed by atoms with van der Waals surface area (Å²) in [6.07, 6.45) is 0. The third kappa shape index (κ3) is 4.60. The van der Waals surface area contributed by atoms with Gasteiger partial charge in [-0.1, -0.05) is 133 Å².